The van der Waals surface area contributed by atoms with E-state index in [0.29, 0.717) is 23.7 Å². The van der Waals surface area contributed by atoms with Gasteiger partial charge in [0.1, 0.15) is 11.5 Å². The topological polar surface area (TPSA) is 59.6 Å². The van der Waals surface area contributed by atoms with Crippen molar-refractivity contribution in [2.24, 2.45) is 0 Å². The third kappa shape index (κ3) is 3.90. The molecule has 1 aliphatic carbocycles. The van der Waals surface area contributed by atoms with E-state index in [0.717, 1.165) is 12.8 Å². The zero-order valence-corrected chi connectivity index (χ0v) is 15.4. The third-order valence-electron chi connectivity index (χ3n) is 4.85. The molecule has 1 aromatic heterocycles. The number of carbonyl (C=O) groups is 1. The number of benzene rings is 1. The van der Waals surface area contributed by atoms with Crippen LogP contribution in [0.2, 0.25) is 0 Å². The smallest absolute Gasteiger partial charge is 0.319 e. The largest absolute Gasteiger partial charge is 0.497 e. The molecule has 134 valence electrons. The molecule has 5 nitrogen and oxygen atoms in total. The second-order valence-corrected chi connectivity index (χ2v) is 7.29. The van der Waals surface area contributed by atoms with Gasteiger partial charge in [-0.05, 0) is 36.4 Å². The third-order valence-corrected chi connectivity index (χ3v) is 5.97. The summed E-state index contributed by atoms with van der Waals surface area (Å²) in [6.45, 7) is 0.651. The molecule has 2 aromatic rings. The van der Waals surface area contributed by atoms with Gasteiger partial charge in [-0.2, -0.15) is 0 Å². The maximum Gasteiger partial charge on any atom is 0.319 e. The molecule has 0 atom stereocenters. The van der Waals surface area contributed by atoms with Gasteiger partial charge in [-0.25, -0.2) is 4.79 Å². The predicted octanol–water partition coefficient (Wildman–Crippen LogP) is 4.40. The van der Waals surface area contributed by atoms with E-state index in [2.05, 4.69) is 28.1 Å². The van der Waals surface area contributed by atoms with Gasteiger partial charge in [0.05, 0.1) is 19.9 Å². The lowest BCUT2D eigenvalue weighted by Gasteiger charge is -2.28. The van der Waals surface area contributed by atoms with E-state index >= 15 is 0 Å². The number of hydrogen-bond acceptors (Lipinski definition) is 4. The monoisotopic (exact) mass is 360 g/mol. The second-order valence-electron chi connectivity index (χ2n) is 6.34. The van der Waals surface area contributed by atoms with Crippen LogP contribution < -0.4 is 20.1 Å². The van der Waals surface area contributed by atoms with Crippen LogP contribution in [0.1, 0.15) is 30.6 Å². The van der Waals surface area contributed by atoms with Gasteiger partial charge in [-0.15, -0.1) is 11.3 Å². The number of carbonyl (C=O) groups excluding carboxylic acids is 1. The van der Waals surface area contributed by atoms with Gasteiger partial charge >= 0.3 is 6.03 Å². The van der Waals surface area contributed by atoms with E-state index in [9.17, 15) is 4.79 Å². The summed E-state index contributed by atoms with van der Waals surface area (Å²) < 4.78 is 10.5. The van der Waals surface area contributed by atoms with Crippen molar-refractivity contribution < 1.29 is 14.3 Å². The normalized spacial score (nSPS) is 15.6. The van der Waals surface area contributed by atoms with E-state index in [1.165, 1.54) is 17.7 Å². The standard InChI is InChI=1S/C19H24N2O3S/c1-23-14-7-8-15(16(12-14)24-2)21-18(22)20-13-19(9-3-4-10-19)17-6-5-11-25-17/h5-8,11-12H,3-4,9-10,13H2,1-2H3,(H2,20,21,22). The summed E-state index contributed by atoms with van der Waals surface area (Å²) in [4.78, 5) is 13.8. The van der Waals surface area contributed by atoms with Gasteiger partial charge in [-0.3, -0.25) is 0 Å². The van der Waals surface area contributed by atoms with Crippen LogP contribution >= 0.6 is 11.3 Å². The number of methoxy groups -OCH3 is 2. The van der Waals surface area contributed by atoms with Crippen molar-refractivity contribution in [3.8, 4) is 11.5 Å². The molecule has 1 aliphatic rings. The number of rotatable bonds is 6. The fraction of sp³-hybridized carbons (Fsp3) is 0.421. The Labute approximate surface area is 152 Å². The highest BCUT2D eigenvalue weighted by Crippen LogP contribution is 2.42. The Hall–Kier alpha value is -2.21. The zero-order chi connectivity index (χ0) is 17.7. The van der Waals surface area contributed by atoms with Crippen LogP contribution in [0.3, 0.4) is 0 Å². The molecule has 0 unspecified atom stereocenters. The summed E-state index contributed by atoms with van der Waals surface area (Å²) >= 11 is 1.78. The Balaban J connectivity index is 1.65. The quantitative estimate of drug-likeness (QED) is 0.803. The van der Waals surface area contributed by atoms with Crippen molar-refractivity contribution in [1.29, 1.82) is 0 Å². The molecule has 2 N–H and O–H groups in total. The molecule has 0 radical (unpaired) electrons. The first-order valence-electron chi connectivity index (χ1n) is 8.48. The highest BCUT2D eigenvalue weighted by atomic mass is 32.1. The molecule has 1 saturated carbocycles. The van der Waals surface area contributed by atoms with Gasteiger partial charge in [0, 0.05) is 22.9 Å². The first-order chi connectivity index (χ1) is 12.2. The van der Waals surface area contributed by atoms with E-state index < -0.39 is 0 Å². The Bertz CT molecular complexity index is 709. The highest BCUT2D eigenvalue weighted by molar-refractivity contribution is 7.10. The van der Waals surface area contributed by atoms with Gasteiger partial charge in [0.2, 0.25) is 0 Å². The number of urea groups is 1. The minimum Gasteiger partial charge on any atom is -0.497 e. The fourth-order valence-corrected chi connectivity index (χ4v) is 4.45. The molecule has 25 heavy (non-hydrogen) atoms. The lowest BCUT2D eigenvalue weighted by atomic mass is 9.84. The average molecular weight is 360 g/mol. The second kappa shape index (κ2) is 7.78. The van der Waals surface area contributed by atoms with Crippen LogP contribution in [0.25, 0.3) is 0 Å². The Morgan fingerprint density at radius 1 is 1.20 bits per heavy atom. The summed E-state index contributed by atoms with van der Waals surface area (Å²) in [7, 11) is 3.17. The van der Waals surface area contributed by atoms with Crippen LogP contribution in [-0.4, -0.2) is 26.8 Å². The minimum atomic E-state index is -0.216. The summed E-state index contributed by atoms with van der Waals surface area (Å²) in [6.07, 6.45) is 4.68. The van der Waals surface area contributed by atoms with Crippen molar-refractivity contribution in [3.63, 3.8) is 0 Å². The number of anilines is 1. The Morgan fingerprint density at radius 3 is 2.64 bits per heavy atom. The summed E-state index contributed by atoms with van der Waals surface area (Å²) in [5.74, 6) is 1.26. The summed E-state index contributed by atoms with van der Waals surface area (Å²) in [5.41, 5.74) is 0.701. The van der Waals surface area contributed by atoms with Gasteiger partial charge < -0.3 is 20.1 Å². The molecule has 1 fully saturated rings. The molecular weight excluding hydrogens is 336 g/mol. The van der Waals surface area contributed by atoms with E-state index in [-0.39, 0.29) is 11.4 Å². The fourth-order valence-electron chi connectivity index (χ4n) is 3.46. The number of hydrogen-bond donors (Lipinski definition) is 2. The SMILES string of the molecule is COc1ccc(NC(=O)NCC2(c3cccs3)CCCC2)c(OC)c1. The molecule has 2 amide bonds. The molecule has 0 bridgehead atoms. The number of nitrogens with one attached hydrogen (secondary N) is 2. The van der Waals surface area contributed by atoms with Crippen molar-refractivity contribution in [3.05, 3.63) is 40.6 Å². The molecule has 1 heterocycles. The van der Waals surface area contributed by atoms with Crippen molar-refractivity contribution >= 4 is 23.1 Å². The van der Waals surface area contributed by atoms with E-state index in [1.54, 1.807) is 43.8 Å². The molecule has 3 rings (SSSR count). The van der Waals surface area contributed by atoms with Crippen LogP contribution in [-0.2, 0) is 5.41 Å². The maximum absolute atomic E-state index is 12.4. The number of amides is 2. The summed E-state index contributed by atoms with van der Waals surface area (Å²) in [6, 6.07) is 9.38. The lowest BCUT2D eigenvalue weighted by molar-refractivity contribution is 0.248. The highest BCUT2D eigenvalue weighted by Gasteiger charge is 2.36. The molecule has 0 saturated heterocycles. The van der Waals surface area contributed by atoms with Crippen LogP contribution in [0.15, 0.2) is 35.7 Å². The first kappa shape index (κ1) is 17.6. The van der Waals surface area contributed by atoms with Gasteiger partial charge in [-0.1, -0.05) is 18.9 Å². The van der Waals surface area contributed by atoms with E-state index in [1.807, 2.05) is 0 Å². The van der Waals surface area contributed by atoms with Crippen molar-refractivity contribution in [2.75, 3.05) is 26.1 Å². The predicted molar refractivity (Wildman–Crippen MR) is 101 cm³/mol. The molecule has 6 heteroatoms. The minimum absolute atomic E-state index is 0.0789. The Kier molecular flexibility index (Phi) is 5.48. The van der Waals surface area contributed by atoms with Crippen LogP contribution in [0.5, 0.6) is 11.5 Å². The Morgan fingerprint density at radius 2 is 2.00 bits per heavy atom. The van der Waals surface area contributed by atoms with Crippen molar-refractivity contribution in [1.82, 2.24) is 5.32 Å². The van der Waals surface area contributed by atoms with Gasteiger partial charge in [0.15, 0.2) is 0 Å². The number of ether oxygens (including phenoxy) is 2. The van der Waals surface area contributed by atoms with Crippen LogP contribution in [0.4, 0.5) is 10.5 Å². The van der Waals surface area contributed by atoms with Crippen molar-refractivity contribution in [2.45, 2.75) is 31.1 Å². The van der Waals surface area contributed by atoms with Gasteiger partial charge in [0.25, 0.3) is 0 Å². The van der Waals surface area contributed by atoms with E-state index in [4.69, 9.17) is 9.47 Å². The maximum atomic E-state index is 12.4. The van der Waals surface area contributed by atoms with Crippen LogP contribution in [0, 0.1) is 0 Å². The average Bonchev–Trinajstić information content (AvgIpc) is 3.32. The molecule has 0 spiro atoms. The lowest BCUT2D eigenvalue weighted by Crippen LogP contribution is -2.40. The summed E-state index contributed by atoms with van der Waals surface area (Å²) in [5, 5.41) is 8.03. The molecule has 1 aromatic carbocycles. The number of thiophene rings is 1. The molecular formula is C19H24N2O3S. The zero-order valence-electron chi connectivity index (χ0n) is 14.6. The molecule has 0 aliphatic heterocycles. The first-order valence-corrected chi connectivity index (χ1v) is 9.36.